The Bertz CT molecular complexity index is 212. The first-order valence-electron chi connectivity index (χ1n) is 4.77. The molecule has 3 N–H and O–H groups in total. The zero-order valence-electron chi connectivity index (χ0n) is 9.08. The number of nitrogens with one attached hydrogen (secondary N) is 2. The monoisotopic (exact) mass is 234 g/mol. The van der Waals surface area contributed by atoms with Gasteiger partial charge in [0, 0.05) is 13.5 Å². The van der Waals surface area contributed by atoms with Crippen molar-refractivity contribution in [2.45, 2.75) is 19.4 Å². The molecule has 1 unspecified atom stereocenters. The number of hydrogen-bond donors (Lipinski definition) is 3. The highest BCUT2D eigenvalue weighted by Crippen LogP contribution is 1.93. The van der Waals surface area contributed by atoms with Gasteiger partial charge in [-0.25, -0.2) is 4.79 Å². The van der Waals surface area contributed by atoms with Crippen LogP contribution >= 0.6 is 11.8 Å². The quantitative estimate of drug-likeness (QED) is 0.512. The van der Waals surface area contributed by atoms with Crippen molar-refractivity contribution >= 4 is 23.6 Å². The van der Waals surface area contributed by atoms with Crippen molar-refractivity contribution in [2.24, 2.45) is 0 Å². The molecule has 0 aromatic heterocycles. The molecule has 0 aliphatic heterocycles. The minimum absolute atomic E-state index is 0.267. The summed E-state index contributed by atoms with van der Waals surface area (Å²) in [6.45, 7) is 2.34. The van der Waals surface area contributed by atoms with Crippen LogP contribution in [0.2, 0.25) is 0 Å². The van der Waals surface area contributed by atoms with Gasteiger partial charge in [0.25, 0.3) is 0 Å². The Balaban J connectivity index is 3.67. The zero-order chi connectivity index (χ0) is 11.7. The molecule has 0 spiro atoms. The van der Waals surface area contributed by atoms with Crippen LogP contribution in [0.15, 0.2) is 0 Å². The van der Waals surface area contributed by atoms with Crippen LogP contribution in [-0.2, 0) is 9.59 Å². The summed E-state index contributed by atoms with van der Waals surface area (Å²) in [6, 6.07) is -0.836. The van der Waals surface area contributed by atoms with Crippen LogP contribution in [-0.4, -0.2) is 48.1 Å². The number of aliphatic carboxylic acids is 1. The van der Waals surface area contributed by atoms with Crippen LogP contribution in [0.4, 0.5) is 0 Å². The highest BCUT2D eigenvalue weighted by Gasteiger charge is 2.16. The van der Waals surface area contributed by atoms with Crippen LogP contribution in [0.3, 0.4) is 0 Å². The van der Waals surface area contributed by atoms with E-state index in [2.05, 4.69) is 10.6 Å². The van der Waals surface area contributed by atoms with Gasteiger partial charge in [0.15, 0.2) is 0 Å². The van der Waals surface area contributed by atoms with Crippen molar-refractivity contribution in [1.82, 2.24) is 10.6 Å². The smallest absolute Gasteiger partial charge is 0.327 e. The van der Waals surface area contributed by atoms with Crippen LogP contribution < -0.4 is 10.6 Å². The summed E-state index contributed by atoms with van der Waals surface area (Å²) in [4.78, 5) is 21.4. The molecule has 5 nitrogen and oxygen atoms in total. The molecule has 0 bridgehead atoms. The molecular formula is C9H18N2O3S. The topological polar surface area (TPSA) is 78.4 Å². The number of amides is 1. The molecule has 0 rings (SSSR count). The Hall–Kier alpha value is -0.750. The van der Waals surface area contributed by atoms with Gasteiger partial charge in [-0.2, -0.15) is 11.8 Å². The van der Waals surface area contributed by atoms with Crippen LogP contribution in [0.5, 0.6) is 0 Å². The standard InChI is InChI=1S/C9H18N2O3S/c1-7(12)11-8(9(13)14)6-10-4-3-5-15-2/h8,10H,3-6H2,1-2H3,(H,11,12)(H,13,14). The fourth-order valence-corrected chi connectivity index (χ4v) is 1.47. The molecule has 1 atom stereocenters. The predicted molar refractivity (Wildman–Crippen MR) is 61.1 cm³/mol. The number of carbonyl (C=O) groups is 2. The second kappa shape index (κ2) is 8.55. The Morgan fingerprint density at radius 3 is 2.60 bits per heavy atom. The minimum atomic E-state index is -1.01. The SMILES string of the molecule is CSCCCNCC(NC(C)=O)C(=O)O. The predicted octanol–water partition coefficient (Wildman–Crippen LogP) is -0.0816. The van der Waals surface area contributed by atoms with E-state index in [0.29, 0.717) is 0 Å². The van der Waals surface area contributed by atoms with E-state index in [1.54, 1.807) is 11.8 Å². The van der Waals surface area contributed by atoms with Crippen molar-refractivity contribution in [2.75, 3.05) is 25.1 Å². The highest BCUT2D eigenvalue weighted by atomic mass is 32.2. The fraction of sp³-hybridized carbons (Fsp3) is 0.778. The van der Waals surface area contributed by atoms with Gasteiger partial charge in [-0.15, -0.1) is 0 Å². The van der Waals surface area contributed by atoms with E-state index < -0.39 is 12.0 Å². The van der Waals surface area contributed by atoms with Crippen LogP contribution in [0.1, 0.15) is 13.3 Å². The molecule has 0 aromatic rings. The first kappa shape index (κ1) is 14.2. The summed E-state index contributed by atoms with van der Waals surface area (Å²) < 4.78 is 0. The molecule has 15 heavy (non-hydrogen) atoms. The van der Waals surface area contributed by atoms with Gasteiger partial charge >= 0.3 is 5.97 Å². The summed E-state index contributed by atoms with van der Waals surface area (Å²) in [5.74, 6) is -0.291. The Morgan fingerprint density at radius 2 is 2.13 bits per heavy atom. The summed E-state index contributed by atoms with van der Waals surface area (Å²) >= 11 is 1.75. The van der Waals surface area contributed by atoms with Gasteiger partial charge in [-0.05, 0) is 25.0 Å². The van der Waals surface area contributed by atoms with E-state index in [-0.39, 0.29) is 12.5 Å². The molecular weight excluding hydrogens is 216 g/mol. The van der Waals surface area contributed by atoms with Crippen molar-refractivity contribution < 1.29 is 14.7 Å². The van der Waals surface area contributed by atoms with Gasteiger partial charge < -0.3 is 15.7 Å². The van der Waals surface area contributed by atoms with Crippen molar-refractivity contribution in [1.29, 1.82) is 0 Å². The second-order valence-electron chi connectivity index (χ2n) is 3.14. The number of rotatable bonds is 8. The maximum absolute atomic E-state index is 10.7. The van der Waals surface area contributed by atoms with Gasteiger partial charge in [0.2, 0.25) is 5.91 Å². The fourth-order valence-electron chi connectivity index (χ4n) is 1.03. The Labute approximate surface area is 94.0 Å². The van der Waals surface area contributed by atoms with E-state index in [9.17, 15) is 9.59 Å². The third-order valence-corrected chi connectivity index (χ3v) is 2.42. The van der Waals surface area contributed by atoms with E-state index in [0.717, 1.165) is 18.7 Å². The minimum Gasteiger partial charge on any atom is -0.480 e. The highest BCUT2D eigenvalue weighted by molar-refractivity contribution is 7.98. The molecule has 6 heteroatoms. The summed E-state index contributed by atoms with van der Waals surface area (Å²) in [6.07, 6.45) is 3.02. The summed E-state index contributed by atoms with van der Waals surface area (Å²) in [5, 5.41) is 14.1. The number of thioether (sulfide) groups is 1. The Morgan fingerprint density at radius 1 is 1.47 bits per heavy atom. The van der Waals surface area contributed by atoms with Gasteiger partial charge in [-0.1, -0.05) is 0 Å². The summed E-state index contributed by atoms with van der Waals surface area (Å²) in [7, 11) is 0. The van der Waals surface area contributed by atoms with Gasteiger partial charge in [0.1, 0.15) is 6.04 Å². The average Bonchev–Trinajstić information content (AvgIpc) is 2.15. The maximum Gasteiger partial charge on any atom is 0.327 e. The van der Waals surface area contributed by atoms with Crippen molar-refractivity contribution in [3.8, 4) is 0 Å². The average molecular weight is 234 g/mol. The second-order valence-corrected chi connectivity index (χ2v) is 4.13. The van der Waals surface area contributed by atoms with Crippen LogP contribution in [0.25, 0.3) is 0 Å². The lowest BCUT2D eigenvalue weighted by molar-refractivity contribution is -0.141. The van der Waals surface area contributed by atoms with Crippen molar-refractivity contribution in [3.05, 3.63) is 0 Å². The molecule has 0 radical (unpaired) electrons. The van der Waals surface area contributed by atoms with E-state index in [1.165, 1.54) is 6.92 Å². The lowest BCUT2D eigenvalue weighted by Crippen LogP contribution is -2.46. The van der Waals surface area contributed by atoms with E-state index in [1.807, 2.05) is 6.26 Å². The molecule has 88 valence electrons. The molecule has 0 fully saturated rings. The van der Waals surface area contributed by atoms with Crippen molar-refractivity contribution in [3.63, 3.8) is 0 Å². The number of hydrogen-bond acceptors (Lipinski definition) is 4. The number of carboxylic acids is 1. The van der Waals surface area contributed by atoms with Gasteiger partial charge in [0.05, 0.1) is 0 Å². The third-order valence-electron chi connectivity index (χ3n) is 1.73. The first-order chi connectivity index (χ1) is 7.07. The van der Waals surface area contributed by atoms with Gasteiger partial charge in [-0.3, -0.25) is 4.79 Å². The Kier molecular flexibility index (Phi) is 8.12. The largest absolute Gasteiger partial charge is 0.480 e. The lowest BCUT2D eigenvalue weighted by atomic mass is 10.3. The number of carboxylic acid groups (broad SMARTS) is 1. The molecule has 0 aliphatic rings. The maximum atomic E-state index is 10.7. The number of carbonyl (C=O) groups excluding carboxylic acids is 1. The molecule has 0 saturated heterocycles. The molecule has 0 saturated carbocycles. The molecule has 0 aliphatic carbocycles. The van der Waals surface area contributed by atoms with Crippen LogP contribution in [0, 0.1) is 0 Å². The third kappa shape index (κ3) is 8.26. The normalized spacial score (nSPS) is 12.1. The zero-order valence-corrected chi connectivity index (χ0v) is 9.89. The lowest BCUT2D eigenvalue weighted by Gasteiger charge is -2.13. The first-order valence-corrected chi connectivity index (χ1v) is 6.17. The van der Waals surface area contributed by atoms with E-state index in [4.69, 9.17) is 5.11 Å². The van der Waals surface area contributed by atoms with E-state index >= 15 is 0 Å². The molecule has 0 aromatic carbocycles. The molecule has 0 heterocycles. The molecule has 1 amide bonds. The summed E-state index contributed by atoms with van der Waals surface area (Å²) in [5.41, 5.74) is 0.